The average molecular weight is 200 g/mol. The maximum absolute atomic E-state index is 5.57. The monoisotopic (exact) mass is 200 g/mol. The van der Waals surface area contributed by atoms with Gasteiger partial charge in [0.2, 0.25) is 17.0 Å². The van der Waals surface area contributed by atoms with Crippen molar-refractivity contribution in [1.29, 1.82) is 0 Å². The molecule has 0 unspecified atom stereocenters. The Hall–Kier alpha value is -2.23. The first kappa shape index (κ1) is 8.11. The molecule has 0 saturated heterocycles. The molecule has 0 aliphatic carbocycles. The van der Waals surface area contributed by atoms with Crippen molar-refractivity contribution < 1.29 is 8.94 Å². The van der Waals surface area contributed by atoms with E-state index in [1.54, 1.807) is 6.07 Å². The first-order valence-electron chi connectivity index (χ1n) is 4.55. The second kappa shape index (κ2) is 2.88. The molecule has 4 heteroatoms. The van der Waals surface area contributed by atoms with Crippen LogP contribution in [0.2, 0.25) is 0 Å². The van der Waals surface area contributed by atoms with Crippen LogP contribution in [0.25, 0.3) is 22.5 Å². The van der Waals surface area contributed by atoms with Gasteiger partial charge in [-0.1, -0.05) is 35.5 Å². The number of furan rings is 1. The average Bonchev–Trinajstić information content (AvgIpc) is 2.83. The largest absolute Gasteiger partial charge is 0.448 e. The fraction of sp³-hybridized carbons (Fsp3) is 0. The normalized spacial score (nSPS) is 10.9. The predicted octanol–water partition coefficient (Wildman–Crippen LogP) is 2.67. The second-order valence-corrected chi connectivity index (χ2v) is 3.24. The minimum absolute atomic E-state index is 0.284. The van der Waals surface area contributed by atoms with Crippen LogP contribution in [0.3, 0.4) is 0 Å². The molecule has 0 spiro atoms. The van der Waals surface area contributed by atoms with E-state index in [1.807, 2.05) is 30.3 Å². The van der Waals surface area contributed by atoms with Gasteiger partial charge >= 0.3 is 0 Å². The lowest BCUT2D eigenvalue weighted by Gasteiger charge is -1.93. The van der Waals surface area contributed by atoms with Gasteiger partial charge < -0.3 is 14.7 Å². The van der Waals surface area contributed by atoms with E-state index in [-0.39, 0.29) is 5.82 Å². The van der Waals surface area contributed by atoms with Crippen molar-refractivity contribution in [3.63, 3.8) is 0 Å². The zero-order valence-electron chi connectivity index (χ0n) is 7.81. The number of benzene rings is 1. The predicted molar refractivity (Wildman–Crippen MR) is 56.1 cm³/mol. The van der Waals surface area contributed by atoms with Crippen molar-refractivity contribution in [1.82, 2.24) is 5.16 Å². The van der Waals surface area contributed by atoms with Gasteiger partial charge in [-0.2, -0.15) is 0 Å². The summed E-state index contributed by atoms with van der Waals surface area (Å²) in [5.41, 5.74) is 7.64. The Bertz CT molecular complexity index is 595. The van der Waals surface area contributed by atoms with E-state index in [0.717, 1.165) is 11.3 Å². The molecular formula is C11H8N2O2. The van der Waals surface area contributed by atoms with E-state index in [9.17, 15) is 0 Å². The van der Waals surface area contributed by atoms with Crippen molar-refractivity contribution in [3.05, 3.63) is 36.4 Å². The Morgan fingerprint density at radius 2 is 1.93 bits per heavy atom. The Morgan fingerprint density at radius 3 is 2.67 bits per heavy atom. The summed E-state index contributed by atoms with van der Waals surface area (Å²) in [5, 5.41) is 3.60. The highest BCUT2D eigenvalue weighted by molar-refractivity contribution is 5.85. The Labute approximate surface area is 85.3 Å². The fourth-order valence-corrected chi connectivity index (χ4v) is 1.51. The smallest absolute Gasteiger partial charge is 0.218 e. The van der Waals surface area contributed by atoms with Crippen LogP contribution in [0.5, 0.6) is 0 Å². The van der Waals surface area contributed by atoms with E-state index in [4.69, 9.17) is 14.7 Å². The number of nitrogens with two attached hydrogens (primary N) is 1. The molecule has 0 aliphatic heterocycles. The van der Waals surface area contributed by atoms with Gasteiger partial charge in [-0.25, -0.2) is 0 Å². The second-order valence-electron chi connectivity index (χ2n) is 3.24. The third-order valence-corrected chi connectivity index (χ3v) is 2.23. The van der Waals surface area contributed by atoms with Crippen molar-refractivity contribution >= 4 is 17.0 Å². The molecule has 74 valence electrons. The van der Waals surface area contributed by atoms with Crippen LogP contribution in [0, 0.1) is 0 Å². The maximum atomic E-state index is 5.57. The topological polar surface area (TPSA) is 65.2 Å². The van der Waals surface area contributed by atoms with Gasteiger partial charge in [-0.05, 0) is 0 Å². The van der Waals surface area contributed by atoms with Crippen molar-refractivity contribution in [3.8, 4) is 11.3 Å². The molecule has 0 atom stereocenters. The number of nitrogens with zero attached hydrogens (tertiary/aromatic N) is 1. The van der Waals surface area contributed by atoms with Gasteiger partial charge in [0.15, 0.2) is 0 Å². The fourth-order valence-electron chi connectivity index (χ4n) is 1.51. The summed E-state index contributed by atoms with van der Waals surface area (Å²) >= 11 is 0. The number of hydrogen-bond donors (Lipinski definition) is 1. The minimum Gasteiger partial charge on any atom is -0.448 e. The lowest BCUT2D eigenvalue weighted by atomic mass is 10.2. The molecule has 0 fully saturated rings. The maximum Gasteiger partial charge on any atom is 0.218 e. The number of fused-ring (bicyclic) bond motifs is 1. The van der Waals surface area contributed by atoms with Gasteiger partial charge in [0.25, 0.3) is 0 Å². The highest BCUT2D eigenvalue weighted by Gasteiger charge is 2.12. The molecule has 0 bridgehead atoms. The van der Waals surface area contributed by atoms with Gasteiger partial charge in [0.05, 0.1) is 0 Å². The number of hydrogen-bond acceptors (Lipinski definition) is 4. The standard InChI is InChI=1S/C11H8N2O2/c12-11-10-9(15-13-11)6-8(14-10)7-4-2-1-3-5-7/h1-6H,(H2,12,13). The summed E-state index contributed by atoms with van der Waals surface area (Å²) in [6.45, 7) is 0. The molecule has 1 aromatic carbocycles. The molecule has 3 aromatic rings. The van der Waals surface area contributed by atoms with Crippen LogP contribution >= 0.6 is 0 Å². The van der Waals surface area contributed by atoms with E-state index >= 15 is 0 Å². The quantitative estimate of drug-likeness (QED) is 0.655. The van der Waals surface area contributed by atoms with Crippen LogP contribution < -0.4 is 5.73 Å². The van der Waals surface area contributed by atoms with Gasteiger partial charge in [0, 0.05) is 11.6 Å². The third kappa shape index (κ3) is 1.19. The molecule has 0 amide bonds. The molecule has 3 rings (SSSR count). The van der Waals surface area contributed by atoms with Gasteiger partial charge in [0.1, 0.15) is 5.76 Å². The minimum atomic E-state index is 0.284. The molecule has 2 aromatic heterocycles. The lowest BCUT2D eigenvalue weighted by Crippen LogP contribution is -1.81. The molecule has 15 heavy (non-hydrogen) atoms. The van der Waals surface area contributed by atoms with Gasteiger partial charge in [-0.3, -0.25) is 0 Å². The third-order valence-electron chi connectivity index (χ3n) is 2.23. The molecule has 0 aliphatic rings. The Morgan fingerprint density at radius 1 is 1.13 bits per heavy atom. The van der Waals surface area contributed by atoms with E-state index in [2.05, 4.69) is 5.16 Å². The molecule has 2 heterocycles. The van der Waals surface area contributed by atoms with Crippen molar-refractivity contribution in [2.24, 2.45) is 0 Å². The van der Waals surface area contributed by atoms with E-state index in [0.29, 0.717) is 11.2 Å². The summed E-state index contributed by atoms with van der Waals surface area (Å²) in [5.74, 6) is 1.02. The zero-order chi connectivity index (χ0) is 10.3. The zero-order valence-corrected chi connectivity index (χ0v) is 7.81. The summed E-state index contributed by atoms with van der Waals surface area (Å²) in [7, 11) is 0. The Kier molecular flexibility index (Phi) is 1.56. The first-order valence-corrected chi connectivity index (χ1v) is 4.55. The Balaban J connectivity index is 2.20. The number of aromatic nitrogens is 1. The van der Waals surface area contributed by atoms with Crippen LogP contribution in [0.15, 0.2) is 45.3 Å². The van der Waals surface area contributed by atoms with Crippen LogP contribution in [-0.4, -0.2) is 5.16 Å². The summed E-state index contributed by atoms with van der Waals surface area (Å²) in [6, 6.07) is 11.5. The van der Waals surface area contributed by atoms with Crippen molar-refractivity contribution in [2.45, 2.75) is 0 Å². The van der Waals surface area contributed by atoms with E-state index in [1.165, 1.54) is 0 Å². The molecular weight excluding hydrogens is 192 g/mol. The lowest BCUT2D eigenvalue weighted by molar-refractivity contribution is 0.461. The first-order chi connectivity index (χ1) is 7.34. The number of rotatable bonds is 1. The molecule has 0 radical (unpaired) electrons. The summed E-state index contributed by atoms with van der Waals surface area (Å²) in [4.78, 5) is 0. The van der Waals surface area contributed by atoms with Crippen molar-refractivity contribution in [2.75, 3.05) is 5.73 Å². The molecule has 0 saturated carbocycles. The highest BCUT2D eigenvalue weighted by Crippen LogP contribution is 2.30. The number of nitrogen functional groups attached to an aromatic ring is 1. The highest BCUT2D eigenvalue weighted by atomic mass is 16.5. The molecule has 4 nitrogen and oxygen atoms in total. The van der Waals surface area contributed by atoms with Gasteiger partial charge in [-0.15, -0.1) is 0 Å². The molecule has 2 N–H and O–H groups in total. The SMILES string of the molecule is Nc1noc2cc(-c3ccccc3)oc12. The van der Waals surface area contributed by atoms with Crippen LogP contribution in [0.4, 0.5) is 5.82 Å². The van der Waals surface area contributed by atoms with Crippen LogP contribution in [0.1, 0.15) is 0 Å². The summed E-state index contributed by atoms with van der Waals surface area (Å²) in [6.07, 6.45) is 0. The van der Waals surface area contributed by atoms with Crippen LogP contribution in [-0.2, 0) is 0 Å². The summed E-state index contributed by atoms with van der Waals surface area (Å²) < 4.78 is 10.5. The number of anilines is 1. The van der Waals surface area contributed by atoms with E-state index < -0.39 is 0 Å².